The van der Waals surface area contributed by atoms with E-state index >= 15 is 0 Å². The number of nitrogens with one attached hydrogen (secondary N) is 4. The maximum absolute atomic E-state index is 13.2. The molecule has 2 fully saturated rings. The number of amides is 2. The molecule has 0 saturated carbocycles. The number of piperidine rings is 2. The molecule has 0 bridgehead atoms. The first-order valence-electron chi connectivity index (χ1n) is 18.2. The largest absolute Gasteiger partial charge is 0.459 e. The normalized spacial score (nSPS) is 18.4. The Morgan fingerprint density at radius 1 is 0.538 bits per heavy atom. The molecule has 3 aromatic rings. The molecule has 4 N–H and O–H groups in total. The van der Waals surface area contributed by atoms with Crippen LogP contribution in [0.3, 0.4) is 0 Å². The topological polar surface area (TPSA) is 153 Å². The summed E-state index contributed by atoms with van der Waals surface area (Å²) >= 11 is 0. The van der Waals surface area contributed by atoms with Crippen molar-refractivity contribution >= 4 is 23.8 Å². The molecule has 12 heteroatoms. The summed E-state index contributed by atoms with van der Waals surface area (Å²) in [5.74, 6) is -1.69. The van der Waals surface area contributed by atoms with Crippen LogP contribution in [0.15, 0.2) is 84.9 Å². The van der Waals surface area contributed by atoms with Crippen molar-refractivity contribution in [2.24, 2.45) is 0 Å². The minimum absolute atomic E-state index is 0.0201. The van der Waals surface area contributed by atoms with Crippen LogP contribution in [0.5, 0.6) is 0 Å². The van der Waals surface area contributed by atoms with Crippen LogP contribution < -0.4 is 21.3 Å². The number of hydrogen-bond acceptors (Lipinski definition) is 10. The average molecular weight is 715 g/mol. The lowest BCUT2D eigenvalue weighted by Gasteiger charge is -2.25. The van der Waals surface area contributed by atoms with E-state index in [1.807, 2.05) is 60.7 Å². The van der Waals surface area contributed by atoms with Crippen molar-refractivity contribution in [1.29, 1.82) is 0 Å². The Hall–Kier alpha value is -4.62. The van der Waals surface area contributed by atoms with Crippen molar-refractivity contribution in [2.45, 2.75) is 89.1 Å². The number of carbonyl (C=O) groups excluding carboxylic acids is 4. The molecule has 0 aliphatic carbocycles. The third-order valence-corrected chi connectivity index (χ3v) is 9.03. The van der Waals surface area contributed by atoms with Gasteiger partial charge >= 0.3 is 11.9 Å². The Morgan fingerprint density at radius 3 is 1.29 bits per heavy atom. The highest BCUT2D eigenvalue weighted by atomic mass is 16.5. The Morgan fingerprint density at radius 2 is 0.923 bits per heavy atom. The summed E-state index contributed by atoms with van der Waals surface area (Å²) in [6, 6.07) is 23.6. The first-order chi connectivity index (χ1) is 25.4. The van der Waals surface area contributed by atoms with Crippen molar-refractivity contribution in [3.05, 3.63) is 107 Å². The van der Waals surface area contributed by atoms with Crippen LogP contribution in [0.25, 0.3) is 0 Å². The van der Waals surface area contributed by atoms with Gasteiger partial charge < -0.3 is 40.2 Å². The zero-order valence-electron chi connectivity index (χ0n) is 29.6. The first kappa shape index (κ1) is 38.6. The molecule has 3 unspecified atom stereocenters. The predicted molar refractivity (Wildman–Crippen MR) is 193 cm³/mol. The van der Waals surface area contributed by atoms with Crippen molar-refractivity contribution in [1.82, 2.24) is 21.3 Å². The third kappa shape index (κ3) is 12.9. The summed E-state index contributed by atoms with van der Waals surface area (Å²) in [5.41, 5.74) is 3.34. The molecule has 0 aromatic heterocycles. The van der Waals surface area contributed by atoms with Crippen LogP contribution in [0.4, 0.5) is 0 Å². The standard InChI is InChI=1S/C40H50N4O8/c45-37(33-15-7-9-21-41-33)43-35(27-49-23-29-11-3-1-4-12-29)39(47)51-25-31-17-19-32(20-18-31)26-52-40(48)36(28-50-24-30-13-5-2-6-14-30)44-38(46)34-16-8-10-22-42-34/h1-6,11-14,17-20,33-36,41-42H,7-10,15-16,21-28H2,(H,43,45)(H,44,46)/t33?,34?,35-,36?/m0/s1. The number of benzene rings is 3. The van der Waals surface area contributed by atoms with Gasteiger partial charge in [-0.25, -0.2) is 9.59 Å². The molecule has 0 spiro atoms. The van der Waals surface area contributed by atoms with Gasteiger partial charge in [0.15, 0.2) is 12.1 Å². The van der Waals surface area contributed by atoms with Crippen LogP contribution in [0, 0.1) is 0 Å². The number of carbonyl (C=O) groups is 4. The van der Waals surface area contributed by atoms with E-state index in [0.717, 1.165) is 49.9 Å². The molecule has 2 saturated heterocycles. The summed E-state index contributed by atoms with van der Waals surface area (Å²) in [5, 5.41) is 12.0. The van der Waals surface area contributed by atoms with Crippen LogP contribution in [-0.4, -0.2) is 74.2 Å². The van der Waals surface area contributed by atoms with Gasteiger partial charge in [0.1, 0.15) is 13.2 Å². The maximum Gasteiger partial charge on any atom is 0.331 e. The Bertz CT molecular complexity index is 1430. The third-order valence-electron chi connectivity index (χ3n) is 9.03. The van der Waals surface area contributed by atoms with Crippen molar-refractivity contribution in [2.75, 3.05) is 26.3 Å². The molecule has 2 aliphatic heterocycles. The second-order valence-corrected chi connectivity index (χ2v) is 13.2. The van der Waals surface area contributed by atoms with Gasteiger partial charge in [0.05, 0.1) is 38.5 Å². The lowest BCUT2D eigenvalue weighted by molar-refractivity contribution is -0.152. The van der Waals surface area contributed by atoms with E-state index in [9.17, 15) is 19.2 Å². The highest BCUT2D eigenvalue weighted by Crippen LogP contribution is 2.12. The molecule has 5 rings (SSSR count). The second kappa shape index (κ2) is 21.0. The number of hydrogen-bond donors (Lipinski definition) is 4. The summed E-state index contributed by atoms with van der Waals surface area (Å²) < 4.78 is 22.8. The van der Waals surface area contributed by atoms with E-state index < -0.39 is 24.0 Å². The highest BCUT2D eigenvalue weighted by molar-refractivity contribution is 5.88. The van der Waals surface area contributed by atoms with Crippen molar-refractivity contribution < 1.29 is 38.1 Å². The average Bonchev–Trinajstić information content (AvgIpc) is 3.20. The monoisotopic (exact) mass is 714 g/mol. The second-order valence-electron chi connectivity index (χ2n) is 13.2. The molecule has 278 valence electrons. The van der Waals surface area contributed by atoms with Gasteiger partial charge in [-0.3, -0.25) is 9.59 Å². The number of esters is 2. The van der Waals surface area contributed by atoms with E-state index in [1.165, 1.54) is 0 Å². The molecule has 0 radical (unpaired) electrons. The van der Waals surface area contributed by atoms with Crippen molar-refractivity contribution in [3.63, 3.8) is 0 Å². The molecule has 4 atom stereocenters. The summed E-state index contributed by atoms with van der Waals surface area (Å²) in [4.78, 5) is 52.2. The van der Waals surface area contributed by atoms with Gasteiger partial charge in [-0.05, 0) is 61.0 Å². The number of rotatable bonds is 18. The van der Waals surface area contributed by atoms with Gasteiger partial charge in [0, 0.05) is 0 Å². The minimum atomic E-state index is -0.974. The minimum Gasteiger partial charge on any atom is -0.459 e. The van der Waals surface area contributed by atoms with Crippen LogP contribution in [0.2, 0.25) is 0 Å². The molecule has 3 aromatic carbocycles. The first-order valence-corrected chi connectivity index (χ1v) is 18.2. The predicted octanol–water partition coefficient (Wildman–Crippen LogP) is 3.46. The molecular formula is C40H50N4O8. The zero-order chi connectivity index (χ0) is 36.4. The van der Waals surface area contributed by atoms with Gasteiger partial charge in [0.2, 0.25) is 11.8 Å². The highest BCUT2D eigenvalue weighted by Gasteiger charge is 2.29. The van der Waals surface area contributed by atoms with Gasteiger partial charge in [-0.15, -0.1) is 0 Å². The number of ether oxygens (including phenoxy) is 4. The smallest absolute Gasteiger partial charge is 0.331 e. The van der Waals surface area contributed by atoms with E-state index in [4.69, 9.17) is 18.9 Å². The fraction of sp³-hybridized carbons (Fsp3) is 0.450. The lowest BCUT2D eigenvalue weighted by Crippen LogP contribution is -2.53. The summed E-state index contributed by atoms with van der Waals surface area (Å²) in [6.07, 6.45) is 5.32. The maximum atomic E-state index is 13.2. The van der Waals surface area contributed by atoms with E-state index in [0.29, 0.717) is 37.2 Å². The molecule has 2 aliphatic rings. The molecule has 2 amide bonds. The summed E-state index contributed by atoms with van der Waals surface area (Å²) in [7, 11) is 0. The Balaban J connectivity index is 1.11. The lowest BCUT2D eigenvalue weighted by atomic mass is 10.0. The quantitative estimate of drug-likeness (QED) is 0.144. The van der Waals surface area contributed by atoms with Gasteiger partial charge in [0.25, 0.3) is 0 Å². The Labute approximate surface area is 305 Å². The molecule has 12 nitrogen and oxygen atoms in total. The van der Waals surface area contributed by atoms with E-state index in [2.05, 4.69) is 21.3 Å². The van der Waals surface area contributed by atoms with Crippen molar-refractivity contribution in [3.8, 4) is 0 Å². The van der Waals surface area contributed by atoms with Crippen LogP contribution in [0.1, 0.15) is 60.8 Å². The fourth-order valence-corrected chi connectivity index (χ4v) is 6.01. The Kier molecular flexibility index (Phi) is 15.6. The van der Waals surface area contributed by atoms with Crippen LogP contribution >= 0.6 is 0 Å². The van der Waals surface area contributed by atoms with Gasteiger partial charge in [-0.2, -0.15) is 0 Å². The SMILES string of the molecule is O=C(NC(COCc1ccccc1)C(=O)OCc1ccc(COC(=O)[C@H](COCc2ccccc2)NC(=O)C2CCCCN2)cc1)C1CCCCN1. The van der Waals surface area contributed by atoms with Crippen LogP contribution in [-0.2, 0) is 64.6 Å². The molecule has 52 heavy (non-hydrogen) atoms. The summed E-state index contributed by atoms with van der Waals surface area (Å²) in [6.45, 7) is 1.98. The van der Waals surface area contributed by atoms with E-state index in [1.54, 1.807) is 24.3 Å². The molecular weight excluding hydrogens is 664 g/mol. The van der Waals surface area contributed by atoms with E-state index in [-0.39, 0.29) is 50.3 Å². The molecule has 2 heterocycles. The van der Waals surface area contributed by atoms with Gasteiger partial charge in [-0.1, -0.05) is 97.8 Å². The zero-order valence-corrected chi connectivity index (χ0v) is 29.6. The fourth-order valence-electron chi connectivity index (χ4n) is 6.01.